The van der Waals surface area contributed by atoms with Crippen LogP contribution in [0.4, 0.5) is 0 Å². The van der Waals surface area contributed by atoms with Crippen molar-refractivity contribution in [2.75, 3.05) is 20.8 Å². The van der Waals surface area contributed by atoms with E-state index < -0.39 is 11.9 Å². The molecule has 0 spiro atoms. The first-order valence-electron chi connectivity index (χ1n) is 17.1. The summed E-state index contributed by atoms with van der Waals surface area (Å²) < 4.78 is 21.6. The number of carbonyl (C=O) groups is 2. The third-order valence-corrected chi connectivity index (χ3v) is 11.9. The Labute approximate surface area is 332 Å². The molecule has 0 aliphatic carbocycles. The van der Waals surface area contributed by atoms with Gasteiger partial charge in [-0.2, -0.15) is 10.2 Å². The average molecular weight is 807 g/mol. The Morgan fingerprint density at radius 3 is 2.44 bits per heavy atom. The van der Waals surface area contributed by atoms with Crippen LogP contribution < -0.4 is 4.74 Å². The van der Waals surface area contributed by atoms with Crippen molar-refractivity contribution in [1.29, 1.82) is 0 Å². The van der Waals surface area contributed by atoms with Crippen molar-refractivity contribution in [3.05, 3.63) is 105 Å². The number of nitrogens with zero attached hydrogens (tertiary/aromatic N) is 5. The molecule has 0 amide bonds. The zero-order valence-corrected chi connectivity index (χ0v) is 34.1. The lowest BCUT2D eigenvalue weighted by Crippen LogP contribution is -2.11. The number of hydrogen-bond acceptors (Lipinski definition) is 9. The summed E-state index contributed by atoms with van der Waals surface area (Å²) >= 11 is 17.3. The van der Waals surface area contributed by atoms with Crippen molar-refractivity contribution in [2.45, 2.75) is 41.9 Å². The van der Waals surface area contributed by atoms with Crippen LogP contribution in [0.2, 0.25) is 10.0 Å². The van der Waals surface area contributed by atoms with Gasteiger partial charge in [0.1, 0.15) is 18.1 Å². The van der Waals surface area contributed by atoms with Gasteiger partial charge in [-0.05, 0) is 48.6 Å². The molecule has 0 atom stereocenters. The fraction of sp³-hybridized carbons (Fsp3) is 0.300. The van der Waals surface area contributed by atoms with E-state index in [1.165, 1.54) is 14.2 Å². The van der Waals surface area contributed by atoms with E-state index in [-0.39, 0.29) is 12.8 Å². The van der Waals surface area contributed by atoms with E-state index in [9.17, 15) is 9.59 Å². The van der Waals surface area contributed by atoms with E-state index >= 15 is 0 Å². The van der Waals surface area contributed by atoms with Crippen molar-refractivity contribution in [3.63, 3.8) is 0 Å². The Morgan fingerprint density at radius 1 is 0.926 bits per heavy atom. The molecule has 282 valence electrons. The molecule has 0 aliphatic heterocycles. The molecule has 3 aromatic carbocycles. The number of rotatable bonds is 15. The van der Waals surface area contributed by atoms with Gasteiger partial charge in [-0.15, -0.1) is 23.5 Å². The summed E-state index contributed by atoms with van der Waals surface area (Å²) in [5.41, 5.74) is 6.92. The highest BCUT2D eigenvalue weighted by Crippen LogP contribution is 2.45. The predicted molar refractivity (Wildman–Crippen MR) is 219 cm³/mol. The van der Waals surface area contributed by atoms with Crippen LogP contribution in [0.15, 0.2) is 66.1 Å². The highest BCUT2D eigenvalue weighted by molar-refractivity contribution is 7.98. The van der Waals surface area contributed by atoms with Crippen LogP contribution in [0.5, 0.6) is 5.75 Å². The van der Waals surface area contributed by atoms with Crippen molar-refractivity contribution in [1.82, 2.24) is 24.1 Å². The molecule has 3 heterocycles. The normalized spacial score (nSPS) is 11.4. The maximum Gasteiger partial charge on any atom is 0.354 e. The monoisotopic (exact) mass is 805 g/mol. The molecule has 0 radical (unpaired) electrons. The molecule has 0 aliphatic rings. The molecule has 0 fully saturated rings. The number of fused-ring (bicyclic) bond motifs is 2. The van der Waals surface area contributed by atoms with Crippen molar-refractivity contribution in [3.8, 4) is 16.9 Å². The van der Waals surface area contributed by atoms with E-state index in [1.54, 1.807) is 47.3 Å². The Balaban J connectivity index is 1.25. The smallest absolute Gasteiger partial charge is 0.354 e. The predicted octanol–water partition coefficient (Wildman–Crippen LogP) is 9.26. The second-order valence-electron chi connectivity index (χ2n) is 12.7. The number of aromatic nitrogens is 5. The Kier molecular flexibility index (Phi) is 12.4. The standard InChI is InChI=1S/C40H41Cl2N5O5S2/c1-8-15-52-33-18-27(16-24-11-9-10-12-28(24)33)54-21-26-17-25(43-47(26)5)20-53-22-32-35(23(2)46(4)44-32)37-31(42)19-30(41)36-29(13-14-34(48)50-6)38(40(49)51-7)45(3)39(36)37/h8-12,16-19H,1,13-15,20-22H2,2-7H3. The molecule has 6 aromatic rings. The van der Waals surface area contributed by atoms with Gasteiger partial charge in [0.25, 0.3) is 0 Å². The minimum atomic E-state index is -0.543. The van der Waals surface area contributed by atoms with Gasteiger partial charge < -0.3 is 18.8 Å². The number of halogens is 2. The molecule has 10 nitrogen and oxygen atoms in total. The third kappa shape index (κ3) is 7.89. The summed E-state index contributed by atoms with van der Waals surface area (Å²) in [6.07, 6.45) is 2.04. The van der Waals surface area contributed by atoms with Crippen molar-refractivity contribution in [2.24, 2.45) is 21.1 Å². The number of hydrogen-bond donors (Lipinski definition) is 0. The number of esters is 2. The molecule has 6 rings (SSSR count). The summed E-state index contributed by atoms with van der Waals surface area (Å²) in [6.45, 7) is 6.22. The SMILES string of the molecule is C=CCOc1cc(SCc2cc(CSCc3nn(C)c(C)c3-c3c(Cl)cc(Cl)c4c(CCC(=O)OC)c(C(=O)OC)n(C)c34)nn2C)cc2ccccc12. The second-order valence-corrected chi connectivity index (χ2v) is 15.5. The molecular formula is C40H41Cl2N5O5S2. The molecule has 0 bridgehead atoms. The molecule has 54 heavy (non-hydrogen) atoms. The van der Waals surface area contributed by atoms with Gasteiger partial charge in [0, 0.05) is 83.0 Å². The molecule has 14 heteroatoms. The van der Waals surface area contributed by atoms with E-state index in [0.717, 1.165) is 55.5 Å². The van der Waals surface area contributed by atoms with Crippen LogP contribution in [0.25, 0.3) is 32.8 Å². The van der Waals surface area contributed by atoms with Gasteiger partial charge in [-0.25, -0.2) is 4.79 Å². The van der Waals surface area contributed by atoms with Crippen LogP contribution >= 0.6 is 46.7 Å². The van der Waals surface area contributed by atoms with Crippen LogP contribution in [-0.4, -0.2) is 56.9 Å². The molecule has 3 aromatic heterocycles. The summed E-state index contributed by atoms with van der Waals surface area (Å²) in [5, 5.41) is 13.3. The zero-order chi connectivity index (χ0) is 38.7. The number of thioether (sulfide) groups is 2. The largest absolute Gasteiger partial charge is 0.489 e. The minimum Gasteiger partial charge on any atom is -0.489 e. The maximum atomic E-state index is 13.2. The topological polar surface area (TPSA) is 102 Å². The van der Waals surface area contributed by atoms with E-state index in [1.807, 2.05) is 42.5 Å². The summed E-state index contributed by atoms with van der Waals surface area (Å²) in [5.74, 6) is 1.89. The zero-order valence-electron chi connectivity index (χ0n) is 31.0. The molecule has 0 unspecified atom stereocenters. The van der Waals surface area contributed by atoms with Crippen LogP contribution in [0.3, 0.4) is 0 Å². The average Bonchev–Trinajstić information content (AvgIpc) is 3.77. The lowest BCUT2D eigenvalue weighted by molar-refractivity contribution is -0.140. The van der Waals surface area contributed by atoms with Gasteiger partial charge in [0.2, 0.25) is 0 Å². The van der Waals surface area contributed by atoms with Gasteiger partial charge in [0.05, 0.1) is 41.2 Å². The van der Waals surface area contributed by atoms with Gasteiger partial charge in [0.15, 0.2) is 0 Å². The second kappa shape index (κ2) is 17.0. The molecular weight excluding hydrogens is 766 g/mol. The Bertz CT molecular complexity index is 2400. The number of methoxy groups -OCH3 is 2. The van der Waals surface area contributed by atoms with E-state index in [2.05, 4.69) is 36.9 Å². The van der Waals surface area contributed by atoms with Gasteiger partial charge >= 0.3 is 11.9 Å². The highest BCUT2D eigenvalue weighted by Gasteiger charge is 2.30. The minimum absolute atomic E-state index is 0.0606. The molecule has 0 N–H and O–H groups in total. The first kappa shape index (κ1) is 39.3. The van der Waals surface area contributed by atoms with Crippen LogP contribution in [0, 0.1) is 6.92 Å². The fourth-order valence-electron chi connectivity index (χ4n) is 6.72. The number of carbonyl (C=O) groups excluding carboxylic acids is 2. The maximum absolute atomic E-state index is 13.2. The Morgan fingerprint density at radius 2 is 1.70 bits per heavy atom. The van der Waals surface area contributed by atoms with E-state index in [4.69, 9.17) is 47.6 Å². The summed E-state index contributed by atoms with van der Waals surface area (Å²) in [4.78, 5) is 26.4. The first-order valence-corrected chi connectivity index (χ1v) is 20.0. The number of aryl methyl sites for hydroxylation is 4. The van der Waals surface area contributed by atoms with Gasteiger partial charge in [-0.1, -0.05) is 60.1 Å². The lowest BCUT2D eigenvalue weighted by atomic mass is 9.98. The molecule has 0 saturated carbocycles. The lowest BCUT2D eigenvalue weighted by Gasteiger charge is -2.13. The number of ether oxygens (including phenoxy) is 3. The summed E-state index contributed by atoms with van der Waals surface area (Å²) in [6, 6.07) is 16.3. The van der Waals surface area contributed by atoms with Crippen LogP contribution in [-0.2, 0) is 59.1 Å². The fourth-order valence-corrected chi connectivity index (χ4v) is 9.21. The van der Waals surface area contributed by atoms with Crippen LogP contribution in [0.1, 0.15) is 45.2 Å². The third-order valence-electron chi connectivity index (χ3n) is 9.36. The highest BCUT2D eigenvalue weighted by atomic mass is 35.5. The van der Waals surface area contributed by atoms with Crippen molar-refractivity contribution < 1.29 is 23.8 Å². The summed E-state index contributed by atoms with van der Waals surface area (Å²) in [7, 11) is 8.30. The van der Waals surface area contributed by atoms with Gasteiger partial charge in [-0.3, -0.25) is 14.2 Å². The molecule has 0 saturated heterocycles. The first-order chi connectivity index (χ1) is 26.0. The number of benzene rings is 3. The van der Waals surface area contributed by atoms with Crippen molar-refractivity contribution >= 4 is 80.3 Å². The quantitative estimate of drug-likeness (QED) is 0.0571. The van der Waals surface area contributed by atoms with E-state index in [0.29, 0.717) is 55.9 Å². The Hall–Kier alpha value is -4.36.